The first-order chi connectivity index (χ1) is 9.58. The molecule has 20 heavy (non-hydrogen) atoms. The molecule has 1 aromatic rings. The lowest BCUT2D eigenvalue weighted by atomic mass is 9.84. The largest absolute Gasteiger partial charge is 0.342 e. The summed E-state index contributed by atoms with van der Waals surface area (Å²) in [4.78, 5) is 16.0. The predicted octanol–water partition coefficient (Wildman–Crippen LogP) is 2.51. The van der Waals surface area contributed by atoms with Gasteiger partial charge >= 0.3 is 0 Å². The molecule has 0 spiro atoms. The number of carbonyl (C=O) groups is 1. The highest BCUT2D eigenvalue weighted by atomic mass is 32.1. The summed E-state index contributed by atoms with van der Waals surface area (Å²) in [5, 5.41) is 2.09. The number of rotatable bonds is 4. The third-order valence-electron chi connectivity index (χ3n) is 5.35. The number of hydrogen-bond donors (Lipinski definition) is 1. The second-order valence-electron chi connectivity index (χ2n) is 6.52. The third kappa shape index (κ3) is 2.40. The van der Waals surface area contributed by atoms with Gasteiger partial charge < -0.3 is 10.6 Å². The van der Waals surface area contributed by atoms with Crippen molar-refractivity contribution in [3.05, 3.63) is 22.4 Å². The van der Waals surface area contributed by atoms with Gasteiger partial charge in [0, 0.05) is 30.4 Å². The molecule has 2 bridgehead atoms. The Bertz CT molecular complexity index is 471. The fourth-order valence-electron chi connectivity index (χ4n) is 4.01. The molecule has 2 aliphatic rings. The summed E-state index contributed by atoms with van der Waals surface area (Å²) in [7, 11) is 1.94. The minimum Gasteiger partial charge on any atom is -0.342 e. The van der Waals surface area contributed by atoms with Gasteiger partial charge in [0.15, 0.2) is 0 Å². The van der Waals surface area contributed by atoms with E-state index in [9.17, 15) is 4.79 Å². The van der Waals surface area contributed by atoms with Crippen LogP contribution in [0.2, 0.25) is 0 Å². The molecule has 1 aromatic heterocycles. The topological polar surface area (TPSA) is 46.3 Å². The number of likely N-dealkylation sites (N-methyl/N-ethyl adjacent to an activating group) is 1. The maximum atomic E-state index is 12.8. The Morgan fingerprint density at radius 2 is 2.25 bits per heavy atom. The molecule has 3 rings (SSSR count). The van der Waals surface area contributed by atoms with E-state index < -0.39 is 0 Å². The standard InChI is InChI=1S/C16H24N2OS/c1-10(8-13-4-3-7-20-13)18(2)16(19)14-11-5-6-12(9-11)15(14)17/h3-4,7,10-12,14-15H,5-6,8-9,17H2,1-2H3. The highest BCUT2D eigenvalue weighted by Gasteiger charge is 2.50. The Labute approximate surface area is 125 Å². The molecular formula is C16H24N2OS. The molecule has 110 valence electrons. The molecule has 0 aliphatic heterocycles. The molecule has 2 N–H and O–H groups in total. The fourth-order valence-corrected chi connectivity index (χ4v) is 4.84. The molecule has 0 radical (unpaired) electrons. The lowest BCUT2D eigenvalue weighted by molar-refractivity contribution is -0.138. The zero-order valence-corrected chi connectivity index (χ0v) is 13.1. The number of fused-ring (bicyclic) bond motifs is 2. The monoisotopic (exact) mass is 292 g/mol. The minimum atomic E-state index is 0.0736. The number of nitrogens with two attached hydrogens (primary N) is 1. The fraction of sp³-hybridized carbons (Fsp3) is 0.688. The zero-order valence-electron chi connectivity index (χ0n) is 12.3. The van der Waals surface area contributed by atoms with Crippen LogP contribution in [-0.4, -0.2) is 29.9 Å². The van der Waals surface area contributed by atoms with Crippen molar-refractivity contribution in [1.82, 2.24) is 4.90 Å². The molecule has 0 aromatic carbocycles. The molecule has 5 unspecified atom stereocenters. The Balaban J connectivity index is 1.64. The minimum absolute atomic E-state index is 0.0736. The van der Waals surface area contributed by atoms with E-state index in [2.05, 4.69) is 24.4 Å². The molecule has 4 heteroatoms. The van der Waals surface area contributed by atoms with Crippen LogP contribution in [0.4, 0.5) is 0 Å². The van der Waals surface area contributed by atoms with Gasteiger partial charge in [-0.1, -0.05) is 6.07 Å². The van der Waals surface area contributed by atoms with E-state index >= 15 is 0 Å². The van der Waals surface area contributed by atoms with Crippen LogP contribution in [0, 0.1) is 17.8 Å². The van der Waals surface area contributed by atoms with E-state index in [0.29, 0.717) is 11.8 Å². The van der Waals surface area contributed by atoms with Gasteiger partial charge in [-0.2, -0.15) is 0 Å². The van der Waals surface area contributed by atoms with E-state index in [0.717, 1.165) is 6.42 Å². The summed E-state index contributed by atoms with van der Waals surface area (Å²) in [5.74, 6) is 1.48. The first-order valence-corrected chi connectivity index (χ1v) is 8.50. The molecular weight excluding hydrogens is 268 g/mol. The Kier molecular flexibility index (Phi) is 3.87. The van der Waals surface area contributed by atoms with Crippen molar-refractivity contribution in [1.29, 1.82) is 0 Å². The first-order valence-electron chi connectivity index (χ1n) is 7.62. The lowest BCUT2D eigenvalue weighted by Gasteiger charge is -2.33. The van der Waals surface area contributed by atoms with Crippen LogP contribution in [0.5, 0.6) is 0 Å². The molecule has 1 amide bonds. The average Bonchev–Trinajstić information content (AvgIpc) is 3.13. The van der Waals surface area contributed by atoms with E-state index in [-0.39, 0.29) is 23.9 Å². The molecule has 2 saturated carbocycles. The number of amides is 1. The Morgan fingerprint density at radius 3 is 2.85 bits per heavy atom. The molecule has 2 aliphatic carbocycles. The van der Waals surface area contributed by atoms with Gasteiger partial charge in [-0.15, -0.1) is 11.3 Å². The second kappa shape index (κ2) is 5.49. The highest BCUT2D eigenvalue weighted by Crippen LogP contribution is 2.48. The molecule has 1 heterocycles. The van der Waals surface area contributed by atoms with E-state index in [1.807, 2.05) is 11.9 Å². The summed E-state index contributed by atoms with van der Waals surface area (Å²) in [6, 6.07) is 4.55. The van der Waals surface area contributed by atoms with Crippen molar-refractivity contribution >= 4 is 17.2 Å². The molecule has 0 saturated heterocycles. The van der Waals surface area contributed by atoms with Crippen LogP contribution >= 0.6 is 11.3 Å². The molecule has 2 fully saturated rings. The smallest absolute Gasteiger partial charge is 0.227 e. The number of carbonyl (C=O) groups excluding carboxylic acids is 1. The third-order valence-corrected chi connectivity index (χ3v) is 6.25. The number of thiophene rings is 1. The quantitative estimate of drug-likeness (QED) is 0.927. The molecule has 5 atom stereocenters. The van der Waals surface area contributed by atoms with Gasteiger partial charge in [0.1, 0.15) is 0 Å². The second-order valence-corrected chi connectivity index (χ2v) is 7.55. The van der Waals surface area contributed by atoms with Crippen LogP contribution in [0.1, 0.15) is 31.1 Å². The summed E-state index contributed by atoms with van der Waals surface area (Å²) < 4.78 is 0. The van der Waals surface area contributed by atoms with Gasteiger partial charge in [0.25, 0.3) is 0 Å². The first kappa shape index (κ1) is 14.1. The van der Waals surface area contributed by atoms with Gasteiger partial charge in [-0.3, -0.25) is 4.79 Å². The number of hydrogen-bond acceptors (Lipinski definition) is 3. The highest BCUT2D eigenvalue weighted by molar-refractivity contribution is 7.09. The van der Waals surface area contributed by atoms with E-state index in [1.54, 1.807) is 11.3 Å². The van der Waals surface area contributed by atoms with Crippen LogP contribution in [0.3, 0.4) is 0 Å². The maximum Gasteiger partial charge on any atom is 0.227 e. The van der Waals surface area contributed by atoms with Crippen LogP contribution in [0.15, 0.2) is 17.5 Å². The van der Waals surface area contributed by atoms with Crippen molar-refractivity contribution in [2.24, 2.45) is 23.5 Å². The maximum absolute atomic E-state index is 12.8. The Hall–Kier alpha value is -0.870. The Morgan fingerprint density at radius 1 is 1.50 bits per heavy atom. The van der Waals surface area contributed by atoms with Crippen molar-refractivity contribution in [2.75, 3.05) is 7.05 Å². The van der Waals surface area contributed by atoms with E-state index in [4.69, 9.17) is 5.73 Å². The van der Waals surface area contributed by atoms with Crippen LogP contribution in [-0.2, 0) is 11.2 Å². The van der Waals surface area contributed by atoms with Gasteiger partial charge in [0.05, 0.1) is 5.92 Å². The molecule has 3 nitrogen and oxygen atoms in total. The van der Waals surface area contributed by atoms with Gasteiger partial charge in [-0.05, 0) is 49.5 Å². The van der Waals surface area contributed by atoms with E-state index in [1.165, 1.54) is 24.1 Å². The normalized spacial score (nSPS) is 33.4. The van der Waals surface area contributed by atoms with Crippen LogP contribution < -0.4 is 5.73 Å². The van der Waals surface area contributed by atoms with Crippen molar-refractivity contribution in [3.63, 3.8) is 0 Å². The van der Waals surface area contributed by atoms with Crippen molar-refractivity contribution < 1.29 is 4.79 Å². The summed E-state index contributed by atoms with van der Waals surface area (Å²) >= 11 is 1.76. The SMILES string of the molecule is CC(Cc1cccs1)N(C)C(=O)C1C2CCC(C2)C1N. The predicted molar refractivity (Wildman–Crippen MR) is 82.6 cm³/mol. The zero-order chi connectivity index (χ0) is 14.3. The van der Waals surface area contributed by atoms with Gasteiger partial charge in [0.2, 0.25) is 5.91 Å². The van der Waals surface area contributed by atoms with Crippen LogP contribution in [0.25, 0.3) is 0 Å². The summed E-state index contributed by atoms with van der Waals surface area (Å²) in [6.45, 7) is 2.14. The average molecular weight is 292 g/mol. The van der Waals surface area contributed by atoms with Crippen molar-refractivity contribution in [3.8, 4) is 0 Å². The lowest BCUT2D eigenvalue weighted by Crippen LogP contribution is -2.48. The summed E-state index contributed by atoms with van der Waals surface area (Å²) in [6.07, 6.45) is 4.53. The summed E-state index contributed by atoms with van der Waals surface area (Å²) in [5.41, 5.74) is 6.29. The van der Waals surface area contributed by atoms with Gasteiger partial charge in [-0.25, -0.2) is 0 Å². The van der Waals surface area contributed by atoms with Crippen molar-refractivity contribution in [2.45, 2.75) is 44.7 Å². The number of nitrogens with zero attached hydrogens (tertiary/aromatic N) is 1.